The minimum absolute atomic E-state index is 0.137. The van der Waals surface area contributed by atoms with Crippen LogP contribution in [0.5, 0.6) is 5.75 Å². The lowest BCUT2D eigenvalue weighted by molar-refractivity contribution is -0.129. The van der Waals surface area contributed by atoms with Crippen LogP contribution in [0.25, 0.3) is 5.57 Å². The van der Waals surface area contributed by atoms with E-state index in [2.05, 4.69) is 34.3 Å². The Balaban J connectivity index is 1.38. The number of carbonyl (C=O) groups is 1. The van der Waals surface area contributed by atoms with Crippen molar-refractivity contribution in [1.29, 1.82) is 5.26 Å². The Labute approximate surface area is 177 Å². The molecule has 0 bridgehead atoms. The predicted molar refractivity (Wildman–Crippen MR) is 115 cm³/mol. The quantitative estimate of drug-likeness (QED) is 0.804. The SMILES string of the molecule is CNC(=O)C1CN(CC2=C(C)c3ccc(OCc4ccc(C#N)nc4)cc3CC2)C1. The molecule has 6 nitrogen and oxygen atoms in total. The van der Waals surface area contributed by atoms with Crippen molar-refractivity contribution in [3.8, 4) is 11.8 Å². The van der Waals surface area contributed by atoms with E-state index in [4.69, 9.17) is 10.00 Å². The summed E-state index contributed by atoms with van der Waals surface area (Å²) in [5, 5.41) is 11.6. The summed E-state index contributed by atoms with van der Waals surface area (Å²) in [6.45, 7) is 5.27. The van der Waals surface area contributed by atoms with E-state index in [9.17, 15) is 4.79 Å². The molecule has 1 aliphatic carbocycles. The lowest BCUT2D eigenvalue weighted by atomic mass is 9.85. The van der Waals surface area contributed by atoms with Gasteiger partial charge in [-0.3, -0.25) is 9.69 Å². The van der Waals surface area contributed by atoms with Gasteiger partial charge in [0.2, 0.25) is 5.91 Å². The van der Waals surface area contributed by atoms with Crippen LogP contribution in [0.15, 0.2) is 42.1 Å². The number of aryl methyl sites for hydroxylation is 1. The summed E-state index contributed by atoms with van der Waals surface area (Å²) in [4.78, 5) is 18.1. The smallest absolute Gasteiger partial charge is 0.225 e. The van der Waals surface area contributed by atoms with E-state index >= 15 is 0 Å². The van der Waals surface area contributed by atoms with Gasteiger partial charge in [0, 0.05) is 38.4 Å². The Hall–Kier alpha value is -3.17. The van der Waals surface area contributed by atoms with Crippen LogP contribution >= 0.6 is 0 Å². The van der Waals surface area contributed by atoms with E-state index in [-0.39, 0.29) is 11.8 Å². The van der Waals surface area contributed by atoms with Crippen molar-refractivity contribution in [3.63, 3.8) is 0 Å². The number of likely N-dealkylation sites (tertiary alicyclic amines) is 1. The van der Waals surface area contributed by atoms with Gasteiger partial charge in [0.15, 0.2) is 0 Å². The summed E-state index contributed by atoms with van der Waals surface area (Å²) >= 11 is 0. The third kappa shape index (κ3) is 4.22. The summed E-state index contributed by atoms with van der Waals surface area (Å²) < 4.78 is 5.94. The monoisotopic (exact) mass is 402 g/mol. The molecule has 1 aliphatic heterocycles. The fraction of sp³-hybridized carbons (Fsp3) is 0.375. The summed E-state index contributed by atoms with van der Waals surface area (Å²) in [6.07, 6.45) is 3.73. The minimum Gasteiger partial charge on any atom is -0.489 e. The molecule has 4 rings (SSSR count). The van der Waals surface area contributed by atoms with E-state index in [0.717, 1.165) is 43.8 Å². The van der Waals surface area contributed by atoms with Gasteiger partial charge in [-0.15, -0.1) is 0 Å². The maximum absolute atomic E-state index is 11.7. The third-order valence-electron chi connectivity index (χ3n) is 6.04. The maximum atomic E-state index is 11.7. The van der Waals surface area contributed by atoms with Crippen molar-refractivity contribution >= 4 is 11.5 Å². The highest BCUT2D eigenvalue weighted by Gasteiger charge is 2.32. The summed E-state index contributed by atoms with van der Waals surface area (Å²) in [6, 6.07) is 11.9. The number of hydrogen-bond donors (Lipinski definition) is 1. The molecule has 154 valence electrons. The number of benzene rings is 1. The third-order valence-corrected chi connectivity index (χ3v) is 6.04. The van der Waals surface area contributed by atoms with E-state index in [1.54, 1.807) is 19.3 Å². The van der Waals surface area contributed by atoms with Gasteiger partial charge in [0.1, 0.15) is 24.1 Å². The van der Waals surface area contributed by atoms with Gasteiger partial charge in [-0.05, 0) is 54.7 Å². The number of rotatable bonds is 6. The van der Waals surface area contributed by atoms with Crippen molar-refractivity contribution < 1.29 is 9.53 Å². The number of aromatic nitrogens is 1. The molecule has 1 fully saturated rings. The number of amides is 1. The molecule has 0 atom stereocenters. The molecule has 0 unspecified atom stereocenters. The zero-order valence-corrected chi connectivity index (χ0v) is 17.4. The van der Waals surface area contributed by atoms with Crippen LogP contribution in [0, 0.1) is 17.2 Å². The zero-order chi connectivity index (χ0) is 21.1. The van der Waals surface area contributed by atoms with Crippen LogP contribution in [-0.2, 0) is 17.8 Å². The first-order chi connectivity index (χ1) is 14.6. The molecule has 30 heavy (non-hydrogen) atoms. The number of ether oxygens (including phenoxy) is 1. The summed E-state index contributed by atoms with van der Waals surface area (Å²) in [7, 11) is 1.70. The minimum atomic E-state index is 0.137. The molecule has 6 heteroatoms. The fourth-order valence-corrected chi connectivity index (χ4v) is 4.18. The molecule has 0 radical (unpaired) electrons. The van der Waals surface area contributed by atoms with Gasteiger partial charge in [-0.1, -0.05) is 17.7 Å². The molecule has 2 aromatic rings. The van der Waals surface area contributed by atoms with Crippen LogP contribution in [0.2, 0.25) is 0 Å². The number of carbonyl (C=O) groups excluding carboxylic acids is 1. The van der Waals surface area contributed by atoms with Gasteiger partial charge in [0.25, 0.3) is 0 Å². The maximum Gasteiger partial charge on any atom is 0.225 e. The Bertz CT molecular complexity index is 1010. The van der Waals surface area contributed by atoms with Crippen molar-refractivity contribution in [2.75, 3.05) is 26.7 Å². The Morgan fingerprint density at radius 3 is 2.83 bits per heavy atom. The number of hydrogen-bond acceptors (Lipinski definition) is 5. The van der Waals surface area contributed by atoms with E-state index in [1.165, 1.54) is 22.3 Å². The van der Waals surface area contributed by atoms with Crippen LogP contribution in [0.3, 0.4) is 0 Å². The molecule has 2 heterocycles. The highest BCUT2D eigenvalue weighted by molar-refractivity contribution is 5.79. The van der Waals surface area contributed by atoms with Crippen LogP contribution < -0.4 is 10.1 Å². The van der Waals surface area contributed by atoms with Crippen LogP contribution in [-0.4, -0.2) is 42.5 Å². The largest absolute Gasteiger partial charge is 0.489 e. The highest BCUT2D eigenvalue weighted by Crippen LogP contribution is 2.34. The summed E-state index contributed by atoms with van der Waals surface area (Å²) in [5.74, 6) is 1.14. The molecule has 0 spiro atoms. The average molecular weight is 402 g/mol. The number of allylic oxidation sites excluding steroid dienone is 1. The highest BCUT2D eigenvalue weighted by atomic mass is 16.5. The average Bonchev–Trinajstić information content (AvgIpc) is 2.75. The van der Waals surface area contributed by atoms with Crippen LogP contribution in [0.4, 0.5) is 0 Å². The molecule has 1 N–H and O–H groups in total. The number of fused-ring (bicyclic) bond motifs is 1. The van der Waals surface area contributed by atoms with E-state index in [0.29, 0.717) is 12.3 Å². The Morgan fingerprint density at radius 1 is 1.30 bits per heavy atom. The van der Waals surface area contributed by atoms with Crippen molar-refractivity contribution in [2.24, 2.45) is 5.92 Å². The molecule has 1 aromatic carbocycles. The van der Waals surface area contributed by atoms with Gasteiger partial charge >= 0.3 is 0 Å². The topological polar surface area (TPSA) is 78.3 Å². The van der Waals surface area contributed by atoms with Crippen LogP contribution in [0.1, 0.15) is 35.7 Å². The number of pyridine rings is 1. The lowest BCUT2D eigenvalue weighted by Gasteiger charge is -2.39. The zero-order valence-electron chi connectivity index (χ0n) is 17.4. The number of nitrogens with one attached hydrogen (secondary N) is 1. The second kappa shape index (κ2) is 8.68. The molecule has 0 saturated carbocycles. The van der Waals surface area contributed by atoms with Crippen molar-refractivity contribution in [2.45, 2.75) is 26.4 Å². The second-order valence-corrected chi connectivity index (χ2v) is 8.00. The molecule has 1 amide bonds. The molecule has 2 aliphatic rings. The standard InChI is InChI=1S/C24H26N4O2/c1-16-19(12-28-13-20(14-28)24(29)26-2)5-4-18-9-22(7-8-23(16)18)30-15-17-3-6-21(10-25)27-11-17/h3,6-9,11,20H,4-5,12-15H2,1-2H3,(H,26,29). The Kier molecular flexibility index (Phi) is 5.82. The first-order valence-corrected chi connectivity index (χ1v) is 10.3. The van der Waals surface area contributed by atoms with Crippen molar-refractivity contribution in [3.05, 3.63) is 64.5 Å². The first kappa shape index (κ1) is 20.1. The lowest BCUT2D eigenvalue weighted by Crippen LogP contribution is -2.53. The number of nitriles is 1. The number of nitrogens with zero attached hydrogens (tertiary/aromatic N) is 3. The molecular formula is C24H26N4O2. The fourth-order valence-electron chi connectivity index (χ4n) is 4.18. The first-order valence-electron chi connectivity index (χ1n) is 10.3. The normalized spacial score (nSPS) is 16.4. The second-order valence-electron chi connectivity index (χ2n) is 8.00. The van der Waals surface area contributed by atoms with Crippen molar-refractivity contribution in [1.82, 2.24) is 15.2 Å². The van der Waals surface area contributed by atoms with E-state index in [1.807, 2.05) is 18.2 Å². The molecular weight excluding hydrogens is 376 g/mol. The Morgan fingerprint density at radius 2 is 2.13 bits per heavy atom. The van der Waals surface area contributed by atoms with Gasteiger partial charge < -0.3 is 10.1 Å². The van der Waals surface area contributed by atoms with Gasteiger partial charge in [0.05, 0.1) is 5.92 Å². The van der Waals surface area contributed by atoms with Gasteiger partial charge in [-0.2, -0.15) is 5.26 Å². The van der Waals surface area contributed by atoms with Gasteiger partial charge in [-0.25, -0.2) is 4.98 Å². The molecule has 1 aromatic heterocycles. The van der Waals surface area contributed by atoms with E-state index < -0.39 is 0 Å². The molecule has 1 saturated heterocycles. The summed E-state index contributed by atoms with van der Waals surface area (Å²) in [5.41, 5.74) is 6.78. The predicted octanol–water partition coefficient (Wildman–Crippen LogP) is 2.93.